The van der Waals surface area contributed by atoms with Crippen LogP contribution in [0.5, 0.6) is 0 Å². The average molecular weight is 353 g/mol. The first-order chi connectivity index (χ1) is 12.0. The standard InChI is InChI=1S/C19H17ClN4O/c1-11-18(12(2)25-23-11)15-8-17-19(21-9-15)22-13(3)24(17)10-14-5-4-6-16(20)7-14/h4-9H,10H2,1-3H3. The van der Waals surface area contributed by atoms with Gasteiger partial charge >= 0.3 is 0 Å². The number of hydrogen-bond acceptors (Lipinski definition) is 4. The Labute approximate surface area is 150 Å². The van der Waals surface area contributed by atoms with Crippen molar-refractivity contribution in [1.29, 1.82) is 0 Å². The topological polar surface area (TPSA) is 56.7 Å². The fraction of sp³-hybridized carbons (Fsp3) is 0.211. The van der Waals surface area contributed by atoms with Crippen LogP contribution in [0.25, 0.3) is 22.3 Å². The molecule has 0 amide bonds. The summed E-state index contributed by atoms with van der Waals surface area (Å²) in [6.45, 7) is 6.52. The van der Waals surface area contributed by atoms with Crippen molar-refractivity contribution < 1.29 is 4.52 Å². The lowest BCUT2D eigenvalue weighted by atomic mass is 10.1. The number of imidazole rings is 1. The molecule has 0 atom stereocenters. The molecule has 0 aliphatic carbocycles. The summed E-state index contributed by atoms with van der Waals surface area (Å²) in [6, 6.07) is 9.96. The fourth-order valence-corrected chi connectivity index (χ4v) is 3.38. The lowest BCUT2D eigenvalue weighted by Crippen LogP contribution is -2.02. The second kappa shape index (κ2) is 6.01. The first-order valence-corrected chi connectivity index (χ1v) is 8.41. The van der Waals surface area contributed by atoms with Crippen LogP contribution in [0, 0.1) is 20.8 Å². The van der Waals surface area contributed by atoms with Crippen LogP contribution in [-0.2, 0) is 6.54 Å². The van der Waals surface area contributed by atoms with Gasteiger partial charge in [-0.15, -0.1) is 0 Å². The molecule has 3 heterocycles. The van der Waals surface area contributed by atoms with E-state index >= 15 is 0 Å². The van der Waals surface area contributed by atoms with Gasteiger partial charge in [0.1, 0.15) is 11.6 Å². The van der Waals surface area contributed by atoms with Crippen molar-refractivity contribution in [3.05, 3.63) is 64.4 Å². The predicted octanol–water partition coefficient (Wildman–Crippen LogP) is 4.71. The Morgan fingerprint density at radius 3 is 2.72 bits per heavy atom. The summed E-state index contributed by atoms with van der Waals surface area (Å²) in [6.07, 6.45) is 1.82. The molecule has 1 aromatic carbocycles. The summed E-state index contributed by atoms with van der Waals surface area (Å²) in [5, 5.41) is 4.77. The SMILES string of the molecule is Cc1noc(C)c1-c1cnc2nc(C)n(Cc3cccc(Cl)c3)c2c1. The number of pyridine rings is 1. The smallest absolute Gasteiger partial charge is 0.177 e. The zero-order valence-electron chi connectivity index (χ0n) is 14.2. The lowest BCUT2D eigenvalue weighted by Gasteiger charge is -2.08. The normalized spacial score (nSPS) is 11.4. The third-order valence-corrected chi connectivity index (χ3v) is 4.58. The maximum atomic E-state index is 6.12. The molecule has 6 heteroatoms. The van der Waals surface area contributed by atoms with Crippen molar-refractivity contribution in [3.63, 3.8) is 0 Å². The Balaban J connectivity index is 1.84. The number of aromatic nitrogens is 4. The Morgan fingerprint density at radius 1 is 1.16 bits per heavy atom. The van der Waals surface area contributed by atoms with Gasteiger partial charge in [-0.2, -0.15) is 0 Å². The monoisotopic (exact) mass is 352 g/mol. The molecule has 0 spiro atoms. The summed E-state index contributed by atoms with van der Waals surface area (Å²) >= 11 is 6.12. The first kappa shape index (κ1) is 15.8. The molecule has 4 aromatic rings. The number of hydrogen-bond donors (Lipinski definition) is 0. The molecule has 0 bridgehead atoms. The molecule has 0 fully saturated rings. The molecule has 0 N–H and O–H groups in total. The molecule has 25 heavy (non-hydrogen) atoms. The van der Waals surface area contributed by atoms with E-state index in [1.807, 2.05) is 45.2 Å². The number of halogens is 1. The van der Waals surface area contributed by atoms with Gasteiger partial charge in [0.25, 0.3) is 0 Å². The van der Waals surface area contributed by atoms with Crippen LogP contribution < -0.4 is 0 Å². The molecular weight excluding hydrogens is 336 g/mol. The highest BCUT2D eigenvalue weighted by Gasteiger charge is 2.15. The van der Waals surface area contributed by atoms with E-state index in [0.29, 0.717) is 6.54 Å². The van der Waals surface area contributed by atoms with E-state index in [1.165, 1.54) is 0 Å². The van der Waals surface area contributed by atoms with Gasteiger partial charge in [-0.1, -0.05) is 28.9 Å². The minimum absolute atomic E-state index is 0.690. The number of nitrogens with zero attached hydrogens (tertiary/aromatic N) is 4. The number of aryl methyl sites for hydroxylation is 3. The molecule has 126 valence electrons. The van der Waals surface area contributed by atoms with Crippen LogP contribution in [0.2, 0.25) is 5.02 Å². The largest absolute Gasteiger partial charge is 0.361 e. The van der Waals surface area contributed by atoms with Gasteiger partial charge < -0.3 is 9.09 Å². The molecule has 0 unspecified atom stereocenters. The van der Waals surface area contributed by atoms with Crippen molar-refractivity contribution in [2.45, 2.75) is 27.3 Å². The highest BCUT2D eigenvalue weighted by Crippen LogP contribution is 2.29. The zero-order valence-corrected chi connectivity index (χ0v) is 15.0. The molecule has 4 rings (SSSR count). The lowest BCUT2D eigenvalue weighted by molar-refractivity contribution is 0.393. The van der Waals surface area contributed by atoms with Gasteiger partial charge in [0.2, 0.25) is 0 Å². The van der Waals surface area contributed by atoms with E-state index < -0.39 is 0 Å². The molecule has 3 aromatic heterocycles. The van der Waals surface area contributed by atoms with Crippen molar-refractivity contribution in [1.82, 2.24) is 19.7 Å². The predicted molar refractivity (Wildman–Crippen MR) is 97.8 cm³/mol. The number of rotatable bonds is 3. The summed E-state index contributed by atoms with van der Waals surface area (Å²) in [7, 11) is 0. The van der Waals surface area contributed by atoms with E-state index in [4.69, 9.17) is 16.1 Å². The van der Waals surface area contributed by atoms with Gasteiger partial charge in [-0.25, -0.2) is 9.97 Å². The Kier molecular flexibility index (Phi) is 3.81. The minimum atomic E-state index is 0.690. The number of fused-ring (bicyclic) bond motifs is 1. The van der Waals surface area contributed by atoms with Crippen molar-refractivity contribution in [2.24, 2.45) is 0 Å². The Bertz CT molecular complexity index is 1060. The van der Waals surface area contributed by atoms with E-state index in [1.54, 1.807) is 0 Å². The summed E-state index contributed by atoms with van der Waals surface area (Å²) < 4.78 is 7.44. The van der Waals surface area contributed by atoms with Gasteiger partial charge in [-0.3, -0.25) is 0 Å². The maximum absolute atomic E-state index is 6.12. The van der Waals surface area contributed by atoms with Crippen LogP contribution in [0.3, 0.4) is 0 Å². The van der Waals surface area contributed by atoms with Crippen LogP contribution in [0.4, 0.5) is 0 Å². The quantitative estimate of drug-likeness (QED) is 0.535. The summed E-state index contributed by atoms with van der Waals surface area (Å²) in [5.74, 6) is 1.70. The molecule has 5 nitrogen and oxygen atoms in total. The third kappa shape index (κ3) is 2.81. The number of benzene rings is 1. The van der Waals surface area contributed by atoms with E-state index in [9.17, 15) is 0 Å². The van der Waals surface area contributed by atoms with Crippen LogP contribution in [-0.4, -0.2) is 19.7 Å². The third-order valence-electron chi connectivity index (χ3n) is 4.35. The van der Waals surface area contributed by atoms with E-state index in [2.05, 4.69) is 31.8 Å². The summed E-state index contributed by atoms with van der Waals surface area (Å²) in [5.41, 5.74) is 5.66. The van der Waals surface area contributed by atoms with Crippen LogP contribution in [0.15, 0.2) is 41.1 Å². The summed E-state index contributed by atoms with van der Waals surface area (Å²) in [4.78, 5) is 9.11. The van der Waals surface area contributed by atoms with Gasteiger partial charge in [0, 0.05) is 28.9 Å². The van der Waals surface area contributed by atoms with E-state index in [0.717, 1.165) is 50.2 Å². The molecule has 0 aliphatic heterocycles. The molecule has 0 radical (unpaired) electrons. The molecule has 0 saturated carbocycles. The van der Waals surface area contributed by atoms with Crippen molar-refractivity contribution >= 4 is 22.8 Å². The van der Waals surface area contributed by atoms with Crippen molar-refractivity contribution in [3.8, 4) is 11.1 Å². The molecule has 0 saturated heterocycles. The van der Waals surface area contributed by atoms with Crippen LogP contribution >= 0.6 is 11.6 Å². The molecular formula is C19H17ClN4O. The maximum Gasteiger partial charge on any atom is 0.177 e. The van der Waals surface area contributed by atoms with Crippen molar-refractivity contribution in [2.75, 3.05) is 0 Å². The zero-order chi connectivity index (χ0) is 17.6. The van der Waals surface area contributed by atoms with Gasteiger partial charge in [0.15, 0.2) is 5.65 Å². The average Bonchev–Trinajstić information content (AvgIpc) is 3.07. The fourth-order valence-electron chi connectivity index (χ4n) is 3.17. The Morgan fingerprint density at radius 2 is 2.00 bits per heavy atom. The van der Waals surface area contributed by atoms with E-state index in [-0.39, 0.29) is 0 Å². The molecule has 0 aliphatic rings. The van der Waals surface area contributed by atoms with Gasteiger partial charge in [0.05, 0.1) is 11.2 Å². The Hall–Kier alpha value is -2.66. The second-order valence-electron chi connectivity index (χ2n) is 6.14. The highest BCUT2D eigenvalue weighted by molar-refractivity contribution is 6.30. The van der Waals surface area contributed by atoms with Gasteiger partial charge in [-0.05, 0) is 44.5 Å². The highest BCUT2D eigenvalue weighted by atomic mass is 35.5. The van der Waals surface area contributed by atoms with Crippen LogP contribution in [0.1, 0.15) is 22.8 Å². The minimum Gasteiger partial charge on any atom is -0.361 e. The second-order valence-corrected chi connectivity index (χ2v) is 6.58. The first-order valence-electron chi connectivity index (χ1n) is 8.03.